The van der Waals surface area contributed by atoms with E-state index in [1.54, 1.807) is 6.26 Å². The lowest BCUT2D eigenvalue weighted by Crippen LogP contribution is -2.39. The van der Waals surface area contributed by atoms with E-state index >= 15 is 0 Å². The molecule has 4 heteroatoms. The van der Waals surface area contributed by atoms with Crippen LogP contribution in [0.5, 0.6) is 0 Å². The lowest BCUT2D eigenvalue weighted by molar-refractivity contribution is 0.206. The lowest BCUT2D eigenvalue weighted by atomic mass is 9.98. The summed E-state index contributed by atoms with van der Waals surface area (Å²) < 4.78 is 5.48. The summed E-state index contributed by atoms with van der Waals surface area (Å²) in [5.41, 5.74) is 10.6. The quantitative estimate of drug-likeness (QED) is 0.583. The van der Waals surface area contributed by atoms with Gasteiger partial charge in [0.2, 0.25) is 0 Å². The third-order valence-electron chi connectivity index (χ3n) is 5.63. The molecule has 1 fully saturated rings. The summed E-state index contributed by atoms with van der Waals surface area (Å²) in [5.74, 6) is 0. The number of hydrogen-bond donors (Lipinski definition) is 1. The van der Waals surface area contributed by atoms with Gasteiger partial charge in [-0.15, -0.1) is 0 Å². The molecule has 27 heavy (non-hydrogen) atoms. The van der Waals surface area contributed by atoms with E-state index in [1.807, 2.05) is 24.5 Å². The molecule has 1 aliphatic rings. The van der Waals surface area contributed by atoms with Crippen LogP contribution in [-0.4, -0.2) is 29.0 Å². The van der Waals surface area contributed by atoms with Gasteiger partial charge in [-0.25, -0.2) is 0 Å². The fourth-order valence-corrected chi connectivity index (χ4v) is 4.04. The number of pyridine rings is 1. The van der Waals surface area contributed by atoms with Crippen LogP contribution in [0, 0.1) is 0 Å². The van der Waals surface area contributed by atoms with Crippen molar-refractivity contribution >= 4 is 21.7 Å². The highest BCUT2D eigenvalue weighted by atomic mass is 16.3. The average molecular weight is 357 g/mol. The largest absolute Gasteiger partial charge is 0.464 e. The van der Waals surface area contributed by atoms with Gasteiger partial charge in [0.1, 0.15) is 5.58 Å². The molecule has 0 unspecified atom stereocenters. The zero-order valence-corrected chi connectivity index (χ0v) is 15.3. The first-order valence-corrected chi connectivity index (χ1v) is 9.58. The minimum absolute atomic E-state index is 0.369. The highest BCUT2D eigenvalue weighted by molar-refractivity contribution is 5.98. The van der Waals surface area contributed by atoms with E-state index in [4.69, 9.17) is 10.2 Å². The van der Waals surface area contributed by atoms with Crippen LogP contribution < -0.4 is 5.73 Å². The fourth-order valence-electron chi connectivity index (χ4n) is 4.04. The molecule has 136 valence electrons. The van der Waals surface area contributed by atoms with Gasteiger partial charge in [-0.05, 0) is 66.7 Å². The van der Waals surface area contributed by atoms with Crippen molar-refractivity contribution in [1.82, 2.24) is 9.88 Å². The Morgan fingerprint density at radius 3 is 2.78 bits per heavy atom. The Bertz CT molecular complexity index is 1090. The van der Waals surface area contributed by atoms with Crippen LogP contribution in [-0.2, 0) is 6.54 Å². The number of furan rings is 1. The standard InChI is InChI=1S/C23H23N3O/c24-20-5-8-26(9-6-20)15-16-1-2-19-13-25-14-22(21(19)11-16)17-3-4-23-18(12-17)7-10-27-23/h1-4,7,10-14,20H,5-6,8-9,15,24H2. The van der Waals surface area contributed by atoms with Gasteiger partial charge in [0.15, 0.2) is 0 Å². The van der Waals surface area contributed by atoms with Gasteiger partial charge in [0.25, 0.3) is 0 Å². The van der Waals surface area contributed by atoms with Crippen LogP contribution in [0.25, 0.3) is 32.9 Å². The van der Waals surface area contributed by atoms with Crippen LogP contribution in [0.2, 0.25) is 0 Å². The molecular formula is C23H23N3O. The summed E-state index contributed by atoms with van der Waals surface area (Å²) >= 11 is 0. The zero-order chi connectivity index (χ0) is 18.2. The first-order chi connectivity index (χ1) is 13.3. The van der Waals surface area contributed by atoms with E-state index in [0.717, 1.165) is 49.0 Å². The Labute approximate surface area is 158 Å². The molecule has 0 saturated carbocycles. The summed E-state index contributed by atoms with van der Waals surface area (Å²) in [4.78, 5) is 6.97. The molecule has 0 spiro atoms. The third-order valence-corrected chi connectivity index (χ3v) is 5.63. The van der Waals surface area contributed by atoms with Crippen molar-refractivity contribution < 1.29 is 4.42 Å². The van der Waals surface area contributed by atoms with Crippen molar-refractivity contribution in [3.63, 3.8) is 0 Å². The van der Waals surface area contributed by atoms with Crippen molar-refractivity contribution in [2.24, 2.45) is 5.73 Å². The van der Waals surface area contributed by atoms with Gasteiger partial charge in [0.05, 0.1) is 6.26 Å². The first kappa shape index (κ1) is 16.5. The Morgan fingerprint density at radius 1 is 1.00 bits per heavy atom. The summed E-state index contributed by atoms with van der Waals surface area (Å²) in [6, 6.07) is 15.4. The maximum Gasteiger partial charge on any atom is 0.133 e. The highest BCUT2D eigenvalue weighted by Gasteiger charge is 2.16. The Kier molecular flexibility index (Phi) is 4.15. The number of likely N-dealkylation sites (tertiary alicyclic amines) is 1. The molecule has 0 amide bonds. The van der Waals surface area contributed by atoms with E-state index in [2.05, 4.69) is 40.2 Å². The second-order valence-corrected chi connectivity index (χ2v) is 7.53. The molecular weight excluding hydrogens is 334 g/mol. The molecule has 2 aromatic heterocycles. The van der Waals surface area contributed by atoms with Crippen molar-refractivity contribution in [2.75, 3.05) is 13.1 Å². The number of nitrogens with two attached hydrogens (primary N) is 1. The summed E-state index contributed by atoms with van der Waals surface area (Å²) in [6.45, 7) is 3.14. The molecule has 5 rings (SSSR count). The van der Waals surface area contributed by atoms with Crippen LogP contribution in [0.15, 0.2) is 65.5 Å². The van der Waals surface area contributed by atoms with Crippen LogP contribution in [0.3, 0.4) is 0 Å². The minimum Gasteiger partial charge on any atom is -0.464 e. The molecule has 1 aliphatic heterocycles. The smallest absolute Gasteiger partial charge is 0.133 e. The SMILES string of the molecule is NC1CCN(Cc2ccc3cncc(-c4ccc5occc5c4)c3c2)CC1. The monoisotopic (exact) mass is 357 g/mol. The number of piperidine rings is 1. The van der Waals surface area contributed by atoms with Gasteiger partial charge >= 0.3 is 0 Å². The number of hydrogen-bond acceptors (Lipinski definition) is 4. The zero-order valence-electron chi connectivity index (χ0n) is 15.3. The molecule has 1 saturated heterocycles. The second kappa shape index (κ2) is 6.80. The van der Waals surface area contributed by atoms with Crippen LogP contribution >= 0.6 is 0 Å². The van der Waals surface area contributed by atoms with E-state index in [-0.39, 0.29) is 0 Å². The van der Waals surface area contributed by atoms with E-state index in [1.165, 1.54) is 21.9 Å². The number of aromatic nitrogens is 1. The molecule has 0 radical (unpaired) electrons. The lowest BCUT2D eigenvalue weighted by Gasteiger charge is -2.30. The predicted octanol–water partition coefficient (Wildman–Crippen LogP) is 4.57. The van der Waals surface area contributed by atoms with Gasteiger partial charge in [0, 0.05) is 41.3 Å². The molecule has 4 aromatic rings. The van der Waals surface area contributed by atoms with Gasteiger partial charge in [-0.2, -0.15) is 0 Å². The fraction of sp³-hybridized carbons (Fsp3) is 0.261. The Morgan fingerprint density at radius 2 is 1.89 bits per heavy atom. The van der Waals surface area contributed by atoms with Crippen molar-refractivity contribution in [3.05, 3.63) is 66.7 Å². The van der Waals surface area contributed by atoms with Crippen LogP contribution in [0.4, 0.5) is 0 Å². The maximum absolute atomic E-state index is 6.04. The van der Waals surface area contributed by atoms with E-state index in [0.29, 0.717) is 6.04 Å². The highest BCUT2D eigenvalue weighted by Crippen LogP contribution is 2.31. The summed E-state index contributed by atoms with van der Waals surface area (Å²) in [7, 11) is 0. The van der Waals surface area contributed by atoms with Gasteiger partial charge < -0.3 is 10.2 Å². The molecule has 2 aromatic carbocycles. The predicted molar refractivity (Wildman–Crippen MR) is 109 cm³/mol. The molecule has 0 bridgehead atoms. The topological polar surface area (TPSA) is 55.3 Å². The summed E-state index contributed by atoms with van der Waals surface area (Å²) in [5, 5.41) is 3.54. The van der Waals surface area contributed by atoms with Gasteiger partial charge in [-0.1, -0.05) is 18.2 Å². The maximum atomic E-state index is 6.04. The summed E-state index contributed by atoms with van der Waals surface area (Å²) in [6.07, 6.45) is 7.82. The van der Waals surface area contributed by atoms with Crippen molar-refractivity contribution in [1.29, 1.82) is 0 Å². The molecule has 2 N–H and O–H groups in total. The number of nitrogens with zero attached hydrogens (tertiary/aromatic N) is 2. The number of rotatable bonds is 3. The number of benzene rings is 2. The van der Waals surface area contributed by atoms with Crippen molar-refractivity contribution in [2.45, 2.75) is 25.4 Å². The second-order valence-electron chi connectivity index (χ2n) is 7.53. The Hall–Kier alpha value is -2.69. The average Bonchev–Trinajstić information content (AvgIpc) is 3.17. The van der Waals surface area contributed by atoms with Crippen LogP contribution in [0.1, 0.15) is 18.4 Å². The molecule has 3 heterocycles. The first-order valence-electron chi connectivity index (χ1n) is 9.58. The van der Waals surface area contributed by atoms with E-state index < -0.39 is 0 Å². The van der Waals surface area contributed by atoms with Crippen molar-refractivity contribution in [3.8, 4) is 11.1 Å². The minimum atomic E-state index is 0.369. The molecule has 0 atom stereocenters. The normalized spacial score (nSPS) is 16.3. The third kappa shape index (κ3) is 3.22. The number of fused-ring (bicyclic) bond motifs is 2. The van der Waals surface area contributed by atoms with Gasteiger partial charge in [-0.3, -0.25) is 9.88 Å². The molecule has 4 nitrogen and oxygen atoms in total. The Balaban J connectivity index is 1.52. The molecule has 0 aliphatic carbocycles. The van der Waals surface area contributed by atoms with E-state index in [9.17, 15) is 0 Å².